The van der Waals surface area contributed by atoms with Crippen molar-refractivity contribution in [1.82, 2.24) is 15.2 Å². The Labute approximate surface area is 114 Å². The van der Waals surface area contributed by atoms with Crippen LogP contribution in [0.3, 0.4) is 0 Å². The van der Waals surface area contributed by atoms with Gasteiger partial charge in [-0.05, 0) is 38.5 Å². The van der Waals surface area contributed by atoms with Crippen molar-refractivity contribution in [2.45, 2.75) is 33.4 Å². The molecule has 1 aromatic rings. The van der Waals surface area contributed by atoms with Gasteiger partial charge in [-0.1, -0.05) is 0 Å². The van der Waals surface area contributed by atoms with E-state index in [9.17, 15) is 4.79 Å². The van der Waals surface area contributed by atoms with Crippen LogP contribution >= 0.6 is 0 Å². The van der Waals surface area contributed by atoms with Crippen LogP contribution in [0.25, 0.3) is 0 Å². The second-order valence-electron chi connectivity index (χ2n) is 5.06. The highest BCUT2D eigenvalue weighted by atomic mass is 16.6. The lowest BCUT2D eigenvalue weighted by Gasteiger charge is -2.32. The third-order valence-electron chi connectivity index (χ3n) is 3.24. The minimum Gasteiger partial charge on any atom is -0.445 e. The first-order valence-corrected chi connectivity index (χ1v) is 6.64. The Bertz CT molecular complexity index is 442. The molecule has 0 aliphatic carbocycles. The molecule has 0 aromatic carbocycles. The molecule has 1 aliphatic heterocycles. The van der Waals surface area contributed by atoms with Gasteiger partial charge < -0.3 is 15.0 Å². The van der Waals surface area contributed by atoms with E-state index in [-0.39, 0.29) is 12.1 Å². The van der Waals surface area contributed by atoms with Crippen LogP contribution in [0.4, 0.5) is 4.79 Å². The number of nitrogens with zero attached hydrogens (tertiary/aromatic N) is 2. The van der Waals surface area contributed by atoms with Crippen LogP contribution < -0.4 is 5.32 Å². The topological polar surface area (TPSA) is 54.5 Å². The second-order valence-corrected chi connectivity index (χ2v) is 5.06. The largest absolute Gasteiger partial charge is 0.445 e. The van der Waals surface area contributed by atoms with Gasteiger partial charge in [0.25, 0.3) is 0 Å². The summed E-state index contributed by atoms with van der Waals surface area (Å²) < 4.78 is 5.38. The van der Waals surface area contributed by atoms with E-state index in [1.54, 1.807) is 4.90 Å². The molecule has 2 rings (SSSR count). The van der Waals surface area contributed by atoms with Crippen molar-refractivity contribution >= 4 is 6.09 Å². The highest BCUT2D eigenvalue weighted by Crippen LogP contribution is 2.10. The maximum atomic E-state index is 12.0. The predicted molar refractivity (Wildman–Crippen MR) is 72.9 cm³/mol. The summed E-state index contributed by atoms with van der Waals surface area (Å²) in [5.41, 5.74) is 2.88. The first kappa shape index (κ1) is 13.8. The molecule has 5 heteroatoms. The maximum Gasteiger partial charge on any atom is 0.410 e. The van der Waals surface area contributed by atoms with Crippen molar-refractivity contribution < 1.29 is 9.53 Å². The lowest BCUT2D eigenvalue weighted by Crippen LogP contribution is -2.52. The third kappa shape index (κ3) is 3.67. The molecular weight excluding hydrogens is 242 g/mol. The average molecular weight is 263 g/mol. The monoisotopic (exact) mass is 263 g/mol. The van der Waals surface area contributed by atoms with E-state index in [0.717, 1.165) is 30.0 Å². The van der Waals surface area contributed by atoms with E-state index in [1.807, 2.05) is 32.9 Å². The number of nitrogens with one attached hydrogen (secondary N) is 1. The van der Waals surface area contributed by atoms with Crippen molar-refractivity contribution in [2.24, 2.45) is 0 Å². The molecule has 1 N–H and O–H groups in total. The number of aryl methyl sites for hydroxylation is 2. The Morgan fingerprint density at radius 1 is 1.47 bits per heavy atom. The van der Waals surface area contributed by atoms with E-state index in [0.29, 0.717) is 13.2 Å². The molecule has 1 fully saturated rings. The SMILES string of the molecule is Cc1cc(COC(=O)N2CCNC[C@@H]2C)cc(C)n1. The van der Waals surface area contributed by atoms with Crippen LogP contribution in [-0.2, 0) is 11.3 Å². The zero-order valence-corrected chi connectivity index (χ0v) is 11.8. The molecule has 5 nitrogen and oxygen atoms in total. The molecule has 0 unspecified atom stereocenters. The normalized spacial score (nSPS) is 19.3. The second kappa shape index (κ2) is 6.02. The molecule has 0 saturated carbocycles. The number of carbonyl (C=O) groups is 1. The lowest BCUT2D eigenvalue weighted by molar-refractivity contribution is 0.0759. The molecule has 104 valence electrons. The summed E-state index contributed by atoms with van der Waals surface area (Å²) in [6.45, 7) is 8.56. The van der Waals surface area contributed by atoms with Gasteiger partial charge >= 0.3 is 6.09 Å². The van der Waals surface area contributed by atoms with E-state index >= 15 is 0 Å². The number of pyridine rings is 1. The van der Waals surface area contributed by atoms with E-state index < -0.39 is 0 Å². The molecule has 1 amide bonds. The zero-order valence-electron chi connectivity index (χ0n) is 11.8. The summed E-state index contributed by atoms with van der Waals surface area (Å²) in [7, 11) is 0. The molecule has 0 spiro atoms. The number of ether oxygens (including phenoxy) is 1. The van der Waals surface area contributed by atoms with Crippen molar-refractivity contribution in [3.05, 3.63) is 29.1 Å². The molecular formula is C14H21N3O2. The van der Waals surface area contributed by atoms with Crippen LogP contribution in [0.5, 0.6) is 0 Å². The van der Waals surface area contributed by atoms with Crippen LogP contribution in [0, 0.1) is 13.8 Å². The van der Waals surface area contributed by atoms with Gasteiger partial charge in [-0.2, -0.15) is 0 Å². The molecule has 1 atom stereocenters. The van der Waals surface area contributed by atoms with Gasteiger partial charge in [0.2, 0.25) is 0 Å². The summed E-state index contributed by atoms with van der Waals surface area (Å²) in [6.07, 6.45) is -0.235. The molecule has 2 heterocycles. The van der Waals surface area contributed by atoms with E-state index in [4.69, 9.17) is 4.74 Å². The standard InChI is InChI=1S/C14H21N3O2/c1-10-6-13(7-11(2)16-10)9-19-14(18)17-5-4-15-8-12(17)3/h6-7,12,15H,4-5,8-9H2,1-3H3/t12-/m0/s1. The lowest BCUT2D eigenvalue weighted by atomic mass is 10.2. The Kier molecular flexibility index (Phi) is 4.37. The molecule has 1 saturated heterocycles. The average Bonchev–Trinajstić information content (AvgIpc) is 2.35. The summed E-state index contributed by atoms with van der Waals surface area (Å²) in [4.78, 5) is 18.1. The van der Waals surface area contributed by atoms with Gasteiger partial charge in [0.05, 0.1) is 0 Å². The minimum atomic E-state index is -0.235. The highest BCUT2D eigenvalue weighted by molar-refractivity contribution is 5.68. The Morgan fingerprint density at radius 3 is 2.79 bits per heavy atom. The molecule has 0 radical (unpaired) electrons. The molecule has 1 aromatic heterocycles. The Balaban J connectivity index is 1.92. The van der Waals surface area contributed by atoms with Crippen LogP contribution in [0.2, 0.25) is 0 Å². The van der Waals surface area contributed by atoms with Gasteiger partial charge in [-0.25, -0.2) is 4.79 Å². The van der Waals surface area contributed by atoms with Crippen molar-refractivity contribution in [1.29, 1.82) is 0 Å². The predicted octanol–water partition coefficient (Wildman–Crippen LogP) is 1.63. The molecule has 0 bridgehead atoms. The van der Waals surface area contributed by atoms with Gasteiger partial charge in [-0.15, -0.1) is 0 Å². The number of hydrogen-bond acceptors (Lipinski definition) is 4. The highest BCUT2D eigenvalue weighted by Gasteiger charge is 2.24. The van der Waals surface area contributed by atoms with E-state index in [1.165, 1.54) is 0 Å². The van der Waals surface area contributed by atoms with Crippen LogP contribution in [0.1, 0.15) is 23.9 Å². The number of aromatic nitrogens is 1. The molecule has 19 heavy (non-hydrogen) atoms. The summed E-state index contributed by atoms with van der Waals surface area (Å²) in [5, 5.41) is 3.25. The van der Waals surface area contributed by atoms with Crippen molar-refractivity contribution in [3.63, 3.8) is 0 Å². The summed E-state index contributed by atoms with van der Waals surface area (Å²) >= 11 is 0. The first-order chi connectivity index (χ1) is 9.06. The third-order valence-corrected chi connectivity index (χ3v) is 3.24. The molecule has 1 aliphatic rings. The minimum absolute atomic E-state index is 0.183. The van der Waals surface area contributed by atoms with Crippen LogP contribution in [-0.4, -0.2) is 41.7 Å². The Morgan fingerprint density at radius 2 is 2.16 bits per heavy atom. The number of hydrogen-bond donors (Lipinski definition) is 1. The fourth-order valence-electron chi connectivity index (χ4n) is 2.34. The Hall–Kier alpha value is -1.62. The zero-order chi connectivity index (χ0) is 13.8. The van der Waals surface area contributed by atoms with Gasteiger partial charge in [0.15, 0.2) is 0 Å². The van der Waals surface area contributed by atoms with E-state index in [2.05, 4.69) is 10.3 Å². The van der Waals surface area contributed by atoms with Gasteiger partial charge in [0.1, 0.15) is 6.61 Å². The smallest absolute Gasteiger partial charge is 0.410 e. The maximum absolute atomic E-state index is 12.0. The quantitative estimate of drug-likeness (QED) is 0.881. The number of amides is 1. The van der Waals surface area contributed by atoms with Crippen molar-refractivity contribution in [3.8, 4) is 0 Å². The number of piperazine rings is 1. The summed E-state index contributed by atoms with van der Waals surface area (Å²) in [5.74, 6) is 0. The summed E-state index contributed by atoms with van der Waals surface area (Å²) in [6, 6.07) is 4.07. The first-order valence-electron chi connectivity index (χ1n) is 6.64. The van der Waals surface area contributed by atoms with Gasteiger partial charge in [0, 0.05) is 37.1 Å². The van der Waals surface area contributed by atoms with Crippen molar-refractivity contribution in [2.75, 3.05) is 19.6 Å². The number of carbonyl (C=O) groups excluding carboxylic acids is 1. The fourth-order valence-corrected chi connectivity index (χ4v) is 2.34. The van der Waals surface area contributed by atoms with Crippen LogP contribution in [0.15, 0.2) is 12.1 Å². The number of rotatable bonds is 2. The van der Waals surface area contributed by atoms with Gasteiger partial charge in [-0.3, -0.25) is 4.98 Å². The fraction of sp³-hybridized carbons (Fsp3) is 0.571.